The van der Waals surface area contributed by atoms with Crippen molar-refractivity contribution in [2.24, 2.45) is 5.41 Å². The van der Waals surface area contributed by atoms with Crippen molar-refractivity contribution >= 4 is 11.9 Å². The number of rotatable bonds is 4. The number of piperidine rings is 1. The molecule has 0 aliphatic carbocycles. The van der Waals surface area contributed by atoms with Crippen molar-refractivity contribution in [3.8, 4) is 0 Å². The molecule has 1 amide bonds. The average Bonchev–Trinajstić information content (AvgIpc) is 3.19. The number of nitrogens with one attached hydrogen (secondary N) is 1. The van der Waals surface area contributed by atoms with Crippen LogP contribution in [-0.4, -0.2) is 62.0 Å². The summed E-state index contributed by atoms with van der Waals surface area (Å²) in [5.41, 5.74) is 0.935. The summed E-state index contributed by atoms with van der Waals surface area (Å²) < 4.78 is 47.7. The largest absolute Gasteiger partial charge is 0.490 e. The van der Waals surface area contributed by atoms with Crippen LogP contribution in [0.2, 0.25) is 0 Å². The Balaban J connectivity index is 0.000000429. The van der Waals surface area contributed by atoms with Gasteiger partial charge in [0.15, 0.2) is 0 Å². The summed E-state index contributed by atoms with van der Waals surface area (Å²) in [5.74, 6) is -1.70. The molecule has 2 aromatic rings. The summed E-state index contributed by atoms with van der Waals surface area (Å²) in [7, 11) is 0. The zero-order valence-electron chi connectivity index (χ0n) is 19.6. The summed E-state index contributed by atoms with van der Waals surface area (Å²) in [5, 5.41) is 18.4. The molecule has 192 valence electrons. The summed E-state index contributed by atoms with van der Waals surface area (Å²) in [6.07, 6.45) is -1.06. The standard InChI is InChI=1S/C21H28FN5O.C2HF3O2/c1-15(2)23-20(28)19-25-24-18-7-8-21(14-27(18)19)9-11-26(12-10-21)13-16-5-3-4-6-17(16)22;3-2(4,5)1(6)7/h3-6,15H,7-14H2,1-2H3,(H,23,28);(H,6,7). The SMILES string of the molecule is CC(C)NC(=O)c1nnc2n1CC1(CC2)CCN(Cc2ccccc2F)CC1.O=C(O)C(F)(F)F. The Morgan fingerprint density at radius 1 is 1.14 bits per heavy atom. The number of carbonyl (C=O) groups excluding carboxylic acids is 1. The molecule has 0 saturated carbocycles. The lowest BCUT2D eigenvalue weighted by Gasteiger charge is -2.44. The van der Waals surface area contributed by atoms with E-state index in [-0.39, 0.29) is 23.2 Å². The van der Waals surface area contributed by atoms with Crippen LogP contribution < -0.4 is 5.32 Å². The Hall–Kier alpha value is -3.02. The molecule has 2 aliphatic rings. The molecule has 0 atom stereocenters. The van der Waals surface area contributed by atoms with Crippen molar-refractivity contribution in [2.45, 2.75) is 64.8 Å². The molecular formula is C23H29F4N5O3. The minimum atomic E-state index is -5.08. The van der Waals surface area contributed by atoms with E-state index >= 15 is 0 Å². The number of hydrogen-bond donors (Lipinski definition) is 2. The fraction of sp³-hybridized carbons (Fsp3) is 0.565. The Morgan fingerprint density at radius 3 is 2.34 bits per heavy atom. The predicted molar refractivity (Wildman–Crippen MR) is 118 cm³/mol. The first-order valence-corrected chi connectivity index (χ1v) is 11.4. The second-order valence-corrected chi connectivity index (χ2v) is 9.32. The van der Waals surface area contributed by atoms with Gasteiger partial charge in [-0.25, -0.2) is 9.18 Å². The van der Waals surface area contributed by atoms with Crippen LogP contribution in [0.1, 0.15) is 55.1 Å². The number of aliphatic carboxylic acids is 1. The summed E-state index contributed by atoms with van der Waals surface area (Å²) in [6.45, 7) is 7.22. The highest BCUT2D eigenvalue weighted by Gasteiger charge is 2.40. The molecule has 1 spiro atoms. The summed E-state index contributed by atoms with van der Waals surface area (Å²) >= 11 is 0. The third-order valence-electron chi connectivity index (χ3n) is 6.33. The first kappa shape index (κ1) is 26.6. The van der Waals surface area contributed by atoms with Crippen LogP contribution in [-0.2, 0) is 24.3 Å². The van der Waals surface area contributed by atoms with Crippen molar-refractivity contribution in [1.29, 1.82) is 0 Å². The molecule has 1 saturated heterocycles. The van der Waals surface area contributed by atoms with Gasteiger partial charge in [-0.3, -0.25) is 9.69 Å². The molecule has 0 bridgehead atoms. The lowest BCUT2D eigenvalue weighted by Crippen LogP contribution is -2.45. The zero-order valence-corrected chi connectivity index (χ0v) is 19.6. The second-order valence-electron chi connectivity index (χ2n) is 9.32. The molecule has 3 heterocycles. The third-order valence-corrected chi connectivity index (χ3v) is 6.33. The monoisotopic (exact) mass is 499 g/mol. The number of likely N-dealkylation sites (tertiary alicyclic amines) is 1. The van der Waals surface area contributed by atoms with Gasteiger partial charge in [-0.1, -0.05) is 18.2 Å². The molecule has 4 rings (SSSR count). The first-order valence-electron chi connectivity index (χ1n) is 11.4. The average molecular weight is 500 g/mol. The number of aryl methyl sites for hydroxylation is 1. The topological polar surface area (TPSA) is 100 Å². The zero-order chi connectivity index (χ0) is 25.8. The van der Waals surface area contributed by atoms with Gasteiger partial charge in [0.05, 0.1) is 0 Å². The normalized spacial score (nSPS) is 17.5. The van der Waals surface area contributed by atoms with Crippen molar-refractivity contribution in [3.05, 3.63) is 47.3 Å². The molecule has 1 aromatic carbocycles. The van der Waals surface area contributed by atoms with E-state index in [9.17, 15) is 22.4 Å². The third kappa shape index (κ3) is 6.77. The van der Waals surface area contributed by atoms with E-state index in [0.717, 1.165) is 56.7 Å². The number of carboxylic acid groups (broad SMARTS) is 1. The molecule has 0 unspecified atom stereocenters. The van der Waals surface area contributed by atoms with Crippen LogP contribution in [0.15, 0.2) is 24.3 Å². The number of benzene rings is 1. The molecule has 1 aromatic heterocycles. The minimum absolute atomic E-state index is 0.0691. The summed E-state index contributed by atoms with van der Waals surface area (Å²) in [4.78, 5) is 23.7. The predicted octanol–water partition coefficient (Wildman–Crippen LogP) is 3.42. The molecule has 12 heteroatoms. The van der Waals surface area contributed by atoms with Crippen molar-refractivity contribution in [1.82, 2.24) is 25.0 Å². The van der Waals surface area contributed by atoms with Gasteiger partial charge in [0.2, 0.25) is 5.82 Å². The quantitative estimate of drug-likeness (QED) is 0.626. The number of hydrogen-bond acceptors (Lipinski definition) is 5. The van der Waals surface area contributed by atoms with E-state index in [4.69, 9.17) is 9.90 Å². The number of halogens is 4. The van der Waals surface area contributed by atoms with Crippen LogP contribution >= 0.6 is 0 Å². The fourth-order valence-corrected chi connectivity index (χ4v) is 4.43. The lowest BCUT2D eigenvalue weighted by atomic mass is 9.73. The van der Waals surface area contributed by atoms with E-state index in [0.29, 0.717) is 12.4 Å². The Bertz CT molecular complexity index is 1050. The molecular weight excluding hydrogens is 470 g/mol. The number of amides is 1. The van der Waals surface area contributed by atoms with Gasteiger partial charge in [-0.15, -0.1) is 10.2 Å². The maximum absolute atomic E-state index is 14.0. The fourth-order valence-electron chi connectivity index (χ4n) is 4.43. The van der Waals surface area contributed by atoms with E-state index in [2.05, 4.69) is 20.4 Å². The Morgan fingerprint density at radius 2 is 1.77 bits per heavy atom. The van der Waals surface area contributed by atoms with Gasteiger partial charge in [0.1, 0.15) is 11.6 Å². The maximum Gasteiger partial charge on any atom is 0.490 e. The number of aromatic nitrogens is 3. The van der Waals surface area contributed by atoms with Crippen LogP contribution in [0.3, 0.4) is 0 Å². The number of fused-ring (bicyclic) bond motifs is 1. The molecule has 2 N–H and O–H groups in total. The minimum Gasteiger partial charge on any atom is -0.475 e. The highest BCUT2D eigenvalue weighted by Crippen LogP contribution is 2.41. The van der Waals surface area contributed by atoms with Gasteiger partial charge in [-0.2, -0.15) is 13.2 Å². The molecule has 35 heavy (non-hydrogen) atoms. The van der Waals surface area contributed by atoms with Crippen LogP contribution in [0.25, 0.3) is 0 Å². The number of alkyl halides is 3. The van der Waals surface area contributed by atoms with Gasteiger partial charge < -0.3 is 15.0 Å². The van der Waals surface area contributed by atoms with Crippen molar-refractivity contribution in [3.63, 3.8) is 0 Å². The van der Waals surface area contributed by atoms with Crippen molar-refractivity contribution in [2.75, 3.05) is 13.1 Å². The Labute approximate surface area is 200 Å². The van der Waals surface area contributed by atoms with Crippen LogP contribution in [0.4, 0.5) is 17.6 Å². The van der Waals surface area contributed by atoms with E-state index in [1.54, 1.807) is 6.07 Å². The Kier molecular flexibility index (Phi) is 8.14. The highest BCUT2D eigenvalue weighted by molar-refractivity contribution is 5.90. The summed E-state index contributed by atoms with van der Waals surface area (Å²) in [6, 6.07) is 7.08. The van der Waals surface area contributed by atoms with E-state index in [1.165, 1.54) is 6.07 Å². The highest BCUT2D eigenvalue weighted by atomic mass is 19.4. The van der Waals surface area contributed by atoms with Gasteiger partial charge in [0.25, 0.3) is 5.91 Å². The smallest absolute Gasteiger partial charge is 0.475 e. The van der Waals surface area contributed by atoms with Gasteiger partial charge >= 0.3 is 12.1 Å². The van der Waals surface area contributed by atoms with Crippen LogP contribution in [0.5, 0.6) is 0 Å². The van der Waals surface area contributed by atoms with Crippen LogP contribution in [0, 0.1) is 11.2 Å². The molecule has 1 fully saturated rings. The van der Waals surface area contributed by atoms with Gasteiger partial charge in [0, 0.05) is 31.1 Å². The van der Waals surface area contributed by atoms with E-state index < -0.39 is 12.1 Å². The van der Waals surface area contributed by atoms with Crippen molar-refractivity contribution < 1.29 is 32.3 Å². The van der Waals surface area contributed by atoms with E-state index in [1.807, 2.05) is 30.5 Å². The molecule has 8 nitrogen and oxygen atoms in total. The number of carboxylic acids is 1. The number of nitrogens with zero attached hydrogens (tertiary/aromatic N) is 4. The molecule has 0 radical (unpaired) electrons. The first-order chi connectivity index (χ1) is 16.4. The molecule has 2 aliphatic heterocycles. The second kappa shape index (κ2) is 10.7. The maximum atomic E-state index is 14.0. The van der Waals surface area contributed by atoms with Gasteiger partial charge in [-0.05, 0) is 57.7 Å². The lowest BCUT2D eigenvalue weighted by molar-refractivity contribution is -0.192. The number of carbonyl (C=O) groups is 2.